The maximum Gasteiger partial charge on any atom is 0.313 e. The molecule has 3 aliphatic rings. The van der Waals surface area contributed by atoms with Crippen LogP contribution in [0, 0.1) is 23.2 Å². The summed E-state index contributed by atoms with van der Waals surface area (Å²) in [6, 6.07) is 0. The average Bonchev–Trinajstić information content (AvgIpc) is 2.63. The number of ether oxygens (including phenoxy) is 1. The normalized spacial score (nSPS) is 49.5. The van der Waals surface area contributed by atoms with Gasteiger partial charge in [-0.25, -0.2) is 0 Å². The molecule has 0 radical (unpaired) electrons. The van der Waals surface area contributed by atoms with Crippen LogP contribution in [0.1, 0.15) is 39.0 Å². The molecule has 90 valence electrons. The summed E-state index contributed by atoms with van der Waals surface area (Å²) in [5, 5.41) is 0. The number of rotatable bonds is 3. The van der Waals surface area contributed by atoms with Crippen LogP contribution in [0.25, 0.3) is 0 Å². The minimum Gasteiger partial charge on any atom is -0.462 e. The first-order chi connectivity index (χ1) is 7.72. The van der Waals surface area contributed by atoms with Crippen LogP contribution in [0.2, 0.25) is 0 Å². The molecule has 2 saturated carbocycles. The van der Waals surface area contributed by atoms with E-state index in [4.69, 9.17) is 10.5 Å². The van der Waals surface area contributed by atoms with Crippen molar-refractivity contribution < 1.29 is 9.53 Å². The summed E-state index contributed by atoms with van der Waals surface area (Å²) in [7, 11) is 0. The molecular formula is C13H21NO2. The lowest BCUT2D eigenvalue weighted by Crippen LogP contribution is -2.40. The van der Waals surface area contributed by atoms with Gasteiger partial charge in [0.2, 0.25) is 0 Å². The lowest BCUT2D eigenvalue weighted by atomic mass is 9.64. The van der Waals surface area contributed by atoms with E-state index in [1.165, 1.54) is 6.42 Å². The van der Waals surface area contributed by atoms with Gasteiger partial charge in [0.05, 0.1) is 5.41 Å². The molecule has 0 amide bonds. The van der Waals surface area contributed by atoms with Crippen LogP contribution < -0.4 is 5.73 Å². The molecule has 0 aromatic rings. The molecule has 0 aromatic carbocycles. The summed E-state index contributed by atoms with van der Waals surface area (Å²) in [6.07, 6.45) is 5.64. The molecule has 3 heteroatoms. The third kappa shape index (κ3) is 1.10. The largest absolute Gasteiger partial charge is 0.462 e. The van der Waals surface area contributed by atoms with Gasteiger partial charge in [-0.1, -0.05) is 13.3 Å². The molecule has 2 aliphatic carbocycles. The Kier molecular flexibility index (Phi) is 2.29. The van der Waals surface area contributed by atoms with E-state index in [1.807, 2.05) is 0 Å². The van der Waals surface area contributed by atoms with Crippen molar-refractivity contribution >= 4 is 5.97 Å². The lowest BCUT2D eigenvalue weighted by Gasteiger charge is -2.36. The van der Waals surface area contributed by atoms with Crippen LogP contribution in [0.4, 0.5) is 0 Å². The van der Waals surface area contributed by atoms with Crippen molar-refractivity contribution in [3.63, 3.8) is 0 Å². The standard InChI is InChI=1S/C13H21NO2/c1-2-9-5-8-6-10-7-13(9,12(15)16-10)11(8)3-4-14/h8-11H,2-7,14H2,1H3. The van der Waals surface area contributed by atoms with Crippen molar-refractivity contribution in [2.45, 2.75) is 45.1 Å². The molecular weight excluding hydrogens is 202 g/mol. The molecule has 5 atom stereocenters. The van der Waals surface area contributed by atoms with Gasteiger partial charge in [-0.3, -0.25) is 4.79 Å². The van der Waals surface area contributed by atoms with Gasteiger partial charge in [0.15, 0.2) is 0 Å². The lowest BCUT2D eigenvalue weighted by molar-refractivity contribution is -0.151. The fourth-order valence-electron chi connectivity index (χ4n) is 4.80. The number of hydrogen-bond acceptors (Lipinski definition) is 3. The highest BCUT2D eigenvalue weighted by atomic mass is 16.6. The predicted molar refractivity (Wildman–Crippen MR) is 60.6 cm³/mol. The highest BCUT2D eigenvalue weighted by Gasteiger charge is 2.66. The van der Waals surface area contributed by atoms with E-state index in [9.17, 15) is 4.79 Å². The molecule has 3 rings (SSSR count). The van der Waals surface area contributed by atoms with Crippen molar-refractivity contribution in [2.24, 2.45) is 28.9 Å². The Morgan fingerprint density at radius 1 is 1.50 bits per heavy atom. The zero-order chi connectivity index (χ0) is 11.3. The zero-order valence-corrected chi connectivity index (χ0v) is 9.95. The molecule has 16 heavy (non-hydrogen) atoms. The molecule has 1 aliphatic heterocycles. The molecule has 5 unspecified atom stereocenters. The topological polar surface area (TPSA) is 52.3 Å². The minimum absolute atomic E-state index is 0.0998. The third-order valence-electron chi connectivity index (χ3n) is 5.30. The van der Waals surface area contributed by atoms with Gasteiger partial charge in [0, 0.05) is 6.42 Å². The van der Waals surface area contributed by atoms with Crippen LogP contribution in [0.3, 0.4) is 0 Å². The maximum atomic E-state index is 12.2. The van der Waals surface area contributed by atoms with Crippen LogP contribution in [-0.2, 0) is 9.53 Å². The second-order valence-corrected chi connectivity index (χ2v) is 5.79. The molecule has 2 N–H and O–H groups in total. The van der Waals surface area contributed by atoms with E-state index in [0.29, 0.717) is 24.3 Å². The molecule has 1 heterocycles. The van der Waals surface area contributed by atoms with Crippen LogP contribution in [0.15, 0.2) is 0 Å². The molecule has 1 saturated heterocycles. The SMILES string of the molecule is CCC1CC2CC3CC1(C(=O)O3)C2CCN. The Labute approximate surface area is 96.7 Å². The Hall–Kier alpha value is -0.570. The van der Waals surface area contributed by atoms with Gasteiger partial charge in [-0.2, -0.15) is 0 Å². The average molecular weight is 223 g/mol. The summed E-state index contributed by atoms with van der Waals surface area (Å²) in [5.74, 6) is 1.85. The van der Waals surface area contributed by atoms with Crippen LogP contribution in [-0.4, -0.2) is 18.6 Å². The number of hydrogen-bond donors (Lipinski definition) is 1. The predicted octanol–water partition coefficient (Wildman–Crippen LogP) is 1.70. The summed E-state index contributed by atoms with van der Waals surface area (Å²) in [5.41, 5.74) is 5.58. The van der Waals surface area contributed by atoms with E-state index >= 15 is 0 Å². The van der Waals surface area contributed by atoms with Crippen molar-refractivity contribution in [3.05, 3.63) is 0 Å². The highest BCUT2D eigenvalue weighted by molar-refractivity contribution is 5.81. The van der Waals surface area contributed by atoms with Crippen molar-refractivity contribution in [3.8, 4) is 0 Å². The van der Waals surface area contributed by atoms with E-state index < -0.39 is 0 Å². The van der Waals surface area contributed by atoms with Crippen molar-refractivity contribution in [1.82, 2.24) is 0 Å². The van der Waals surface area contributed by atoms with Gasteiger partial charge in [-0.15, -0.1) is 0 Å². The van der Waals surface area contributed by atoms with Crippen molar-refractivity contribution in [1.29, 1.82) is 0 Å². The van der Waals surface area contributed by atoms with Gasteiger partial charge in [-0.05, 0) is 43.6 Å². The molecule has 0 aromatic heterocycles. The van der Waals surface area contributed by atoms with E-state index in [-0.39, 0.29) is 17.5 Å². The Morgan fingerprint density at radius 3 is 3.00 bits per heavy atom. The Bertz CT molecular complexity index is 317. The van der Waals surface area contributed by atoms with E-state index in [1.54, 1.807) is 0 Å². The van der Waals surface area contributed by atoms with Crippen LogP contribution >= 0.6 is 0 Å². The van der Waals surface area contributed by atoms with Gasteiger partial charge in [0.1, 0.15) is 6.10 Å². The van der Waals surface area contributed by atoms with Gasteiger partial charge >= 0.3 is 5.97 Å². The monoisotopic (exact) mass is 223 g/mol. The summed E-state index contributed by atoms with van der Waals surface area (Å²) >= 11 is 0. The Balaban J connectivity index is 2.00. The number of carbonyl (C=O) groups excluding carboxylic acids is 1. The molecule has 3 nitrogen and oxygen atoms in total. The molecule has 3 bridgehead atoms. The zero-order valence-electron chi connectivity index (χ0n) is 9.95. The molecule has 3 fully saturated rings. The number of nitrogens with two attached hydrogens (primary N) is 1. The first kappa shape index (κ1) is 10.6. The second-order valence-electron chi connectivity index (χ2n) is 5.79. The highest BCUT2D eigenvalue weighted by Crippen LogP contribution is 2.64. The fourth-order valence-corrected chi connectivity index (χ4v) is 4.80. The fraction of sp³-hybridized carbons (Fsp3) is 0.923. The quantitative estimate of drug-likeness (QED) is 0.741. The third-order valence-corrected chi connectivity index (χ3v) is 5.30. The van der Waals surface area contributed by atoms with Crippen LogP contribution in [0.5, 0.6) is 0 Å². The summed E-state index contributed by atoms with van der Waals surface area (Å²) in [6.45, 7) is 2.91. The first-order valence-electron chi connectivity index (χ1n) is 6.63. The number of fused-ring (bicyclic) bond motifs is 2. The van der Waals surface area contributed by atoms with Gasteiger partial charge in [0.25, 0.3) is 0 Å². The van der Waals surface area contributed by atoms with E-state index in [2.05, 4.69) is 6.92 Å². The second kappa shape index (κ2) is 3.46. The number of esters is 1. The minimum atomic E-state index is -0.137. The smallest absolute Gasteiger partial charge is 0.313 e. The number of carbonyl (C=O) groups is 1. The van der Waals surface area contributed by atoms with Gasteiger partial charge < -0.3 is 10.5 Å². The maximum absolute atomic E-state index is 12.2. The Morgan fingerprint density at radius 2 is 2.31 bits per heavy atom. The first-order valence-corrected chi connectivity index (χ1v) is 6.63. The summed E-state index contributed by atoms with van der Waals surface area (Å²) in [4.78, 5) is 12.2. The molecule has 1 spiro atoms. The van der Waals surface area contributed by atoms with E-state index in [0.717, 1.165) is 25.7 Å². The summed E-state index contributed by atoms with van der Waals surface area (Å²) < 4.78 is 5.54. The van der Waals surface area contributed by atoms with Crippen molar-refractivity contribution in [2.75, 3.05) is 6.54 Å².